The molecule has 0 aromatic heterocycles. The molecule has 1 spiro atoms. The Morgan fingerprint density at radius 1 is 1.22 bits per heavy atom. The van der Waals surface area contributed by atoms with Gasteiger partial charge in [-0.1, -0.05) is 0 Å². The number of amides is 1. The molecule has 3 saturated heterocycles. The molecule has 3 aliphatic heterocycles. The van der Waals surface area contributed by atoms with E-state index in [0.29, 0.717) is 19.8 Å². The van der Waals surface area contributed by atoms with Crippen LogP contribution in [0.25, 0.3) is 0 Å². The summed E-state index contributed by atoms with van der Waals surface area (Å²) in [6, 6.07) is 0. The van der Waals surface area contributed by atoms with Crippen molar-refractivity contribution in [2.45, 2.75) is 43.1 Å². The van der Waals surface area contributed by atoms with Crippen LogP contribution < -0.4 is 0 Å². The van der Waals surface area contributed by atoms with Crippen LogP contribution in [0.1, 0.15) is 32.6 Å². The van der Waals surface area contributed by atoms with E-state index < -0.39 is 5.79 Å². The van der Waals surface area contributed by atoms with Gasteiger partial charge < -0.3 is 14.4 Å². The number of hydrogen-bond donors (Lipinski definition) is 0. The summed E-state index contributed by atoms with van der Waals surface area (Å²) in [5, 5.41) is 0. The lowest BCUT2D eigenvalue weighted by Gasteiger charge is -2.41. The second kappa shape index (κ2) is 4.69. The van der Waals surface area contributed by atoms with Crippen molar-refractivity contribution in [3.63, 3.8) is 0 Å². The van der Waals surface area contributed by atoms with Crippen molar-refractivity contribution in [3.05, 3.63) is 0 Å². The third kappa shape index (κ3) is 2.17. The highest BCUT2D eigenvalue weighted by molar-refractivity contribution is 8.01. The monoisotopic (exact) mass is 271 g/mol. The van der Waals surface area contributed by atoms with Gasteiger partial charge in [-0.2, -0.15) is 0 Å². The van der Waals surface area contributed by atoms with Crippen molar-refractivity contribution >= 4 is 17.7 Å². The summed E-state index contributed by atoms with van der Waals surface area (Å²) in [6.45, 7) is 4.87. The van der Waals surface area contributed by atoms with E-state index in [4.69, 9.17) is 9.47 Å². The minimum Gasteiger partial charge on any atom is -0.346 e. The van der Waals surface area contributed by atoms with Crippen molar-refractivity contribution < 1.29 is 14.3 Å². The first kappa shape index (κ1) is 12.8. The summed E-state index contributed by atoms with van der Waals surface area (Å²) in [5.74, 6) is 0.894. The zero-order chi connectivity index (χ0) is 12.6. The summed E-state index contributed by atoms with van der Waals surface area (Å²) < 4.78 is 11.3. The number of ether oxygens (including phenoxy) is 2. The molecule has 1 amide bonds. The van der Waals surface area contributed by atoms with Gasteiger partial charge in [0.05, 0.1) is 24.5 Å². The molecule has 5 heteroatoms. The molecule has 0 aromatic carbocycles. The smallest absolute Gasteiger partial charge is 0.238 e. The van der Waals surface area contributed by atoms with Crippen LogP contribution in [0.15, 0.2) is 0 Å². The number of carbonyl (C=O) groups is 1. The number of rotatable bonds is 1. The van der Waals surface area contributed by atoms with Crippen molar-refractivity contribution in [2.24, 2.45) is 0 Å². The topological polar surface area (TPSA) is 38.8 Å². The minimum atomic E-state index is -0.493. The molecule has 0 bridgehead atoms. The Morgan fingerprint density at radius 2 is 2.00 bits per heavy atom. The number of likely N-dealkylation sites (tertiary alicyclic amines) is 1. The van der Waals surface area contributed by atoms with Gasteiger partial charge in [-0.15, -0.1) is 11.8 Å². The molecule has 0 N–H and O–H groups in total. The quantitative estimate of drug-likeness (QED) is 0.727. The maximum absolute atomic E-state index is 12.7. The fourth-order valence-corrected chi connectivity index (χ4v) is 4.46. The zero-order valence-electron chi connectivity index (χ0n) is 10.9. The number of piperidine rings is 1. The zero-order valence-corrected chi connectivity index (χ0v) is 11.8. The highest BCUT2D eigenvalue weighted by Crippen LogP contribution is 2.40. The third-order valence-electron chi connectivity index (χ3n) is 4.19. The van der Waals surface area contributed by atoms with E-state index in [2.05, 4.69) is 6.92 Å². The predicted octanol–water partition coefficient (Wildman–Crippen LogP) is 1.64. The first-order valence-electron chi connectivity index (χ1n) is 6.85. The van der Waals surface area contributed by atoms with Gasteiger partial charge in [-0.3, -0.25) is 4.79 Å². The summed E-state index contributed by atoms with van der Waals surface area (Å²) >= 11 is 1.80. The molecule has 3 aliphatic rings. The lowest BCUT2D eigenvalue weighted by atomic mass is 9.99. The Labute approximate surface area is 112 Å². The van der Waals surface area contributed by atoms with Gasteiger partial charge >= 0.3 is 0 Å². The molecule has 0 saturated carbocycles. The Balaban J connectivity index is 1.70. The number of nitrogens with zero attached hydrogens (tertiary/aromatic N) is 1. The molecular formula is C13H21NO3S. The molecule has 18 heavy (non-hydrogen) atoms. The summed E-state index contributed by atoms with van der Waals surface area (Å²) in [6.07, 6.45) is 4.05. The van der Waals surface area contributed by atoms with Gasteiger partial charge in [0.25, 0.3) is 0 Å². The molecule has 4 nitrogen and oxygen atoms in total. The van der Waals surface area contributed by atoms with Crippen LogP contribution in [0, 0.1) is 0 Å². The number of hydrogen-bond acceptors (Lipinski definition) is 4. The van der Waals surface area contributed by atoms with Crippen LogP contribution in [-0.2, 0) is 14.3 Å². The molecular weight excluding hydrogens is 250 g/mol. The van der Waals surface area contributed by atoms with E-state index in [1.165, 1.54) is 0 Å². The van der Waals surface area contributed by atoms with Crippen LogP contribution in [0.4, 0.5) is 0 Å². The molecule has 1 atom stereocenters. The van der Waals surface area contributed by atoms with Crippen LogP contribution in [-0.4, -0.2) is 53.4 Å². The summed E-state index contributed by atoms with van der Waals surface area (Å²) in [7, 11) is 0. The van der Waals surface area contributed by atoms with Crippen LogP contribution in [0.5, 0.6) is 0 Å². The van der Waals surface area contributed by atoms with Gasteiger partial charge in [-0.25, -0.2) is 0 Å². The van der Waals surface area contributed by atoms with Crippen LogP contribution in [0.3, 0.4) is 0 Å². The highest BCUT2D eigenvalue weighted by atomic mass is 32.2. The molecule has 0 aliphatic carbocycles. The molecule has 0 aromatic rings. The fraction of sp³-hybridized carbons (Fsp3) is 0.923. The molecule has 3 fully saturated rings. The summed E-state index contributed by atoms with van der Waals surface area (Å²) in [4.78, 5) is 14.6. The molecule has 3 heterocycles. The van der Waals surface area contributed by atoms with Gasteiger partial charge in [0, 0.05) is 13.0 Å². The minimum absolute atomic E-state index is 0.211. The van der Waals surface area contributed by atoms with E-state index >= 15 is 0 Å². The van der Waals surface area contributed by atoms with Gasteiger partial charge in [-0.05, 0) is 31.9 Å². The van der Waals surface area contributed by atoms with Crippen molar-refractivity contribution in [2.75, 3.05) is 32.1 Å². The predicted molar refractivity (Wildman–Crippen MR) is 70.5 cm³/mol. The Kier molecular flexibility index (Phi) is 3.32. The number of carbonyl (C=O) groups excluding carboxylic acids is 1. The van der Waals surface area contributed by atoms with Gasteiger partial charge in [0.15, 0.2) is 5.79 Å². The second-order valence-electron chi connectivity index (χ2n) is 5.62. The van der Waals surface area contributed by atoms with E-state index in [-0.39, 0.29) is 10.7 Å². The highest BCUT2D eigenvalue weighted by Gasteiger charge is 2.46. The SMILES string of the molecule is CC1(C(=O)N2CCCC3(C2)OCCO3)CCCS1. The molecule has 1 unspecified atom stereocenters. The Hall–Kier alpha value is -0.260. The second-order valence-corrected chi connectivity index (χ2v) is 7.22. The first-order chi connectivity index (χ1) is 8.64. The summed E-state index contributed by atoms with van der Waals surface area (Å²) in [5.41, 5.74) is 0. The average Bonchev–Trinajstić information content (AvgIpc) is 2.99. The van der Waals surface area contributed by atoms with Crippen molar-refractivity contribution in [3.8, 4) is 0 Å². The van der Waals surface area contributed by atoms with Gasteiger partial charge in [0.2, 0.25) is 5.91 Å². The Bertz CT molecular complexity index is 335. The fourth-order valence-electron chi connectivity index (χ4n) is 3.18. The van der Waals surface area contributed by atoms with Crippen LogP contribution >= 0.6 is 11.8 Å². The van der Waals surface area contributed by atoms with E-state index in [1.807, 2.05) is 4.90 Å². The third-order valence-corrected chi connectivity index (χ3v) is 5.70. The average molecular weight is 271 g/mol. The van der Waals surface area contributed by atoms with Crippen molar-refractivity contribution in [1.82, 2.24) is 4.90 Å². The lowest BCUT2D eigenvalue weighted by Crippen LogP contribution is -2.55. The largest absolute Gasteiger partial charge is 0.346 e. The Morgan fingerprint density at radius 3 is 2.67 bits per heavy atom. The first-order valence-corrected chi connectivity index (χ1v) is 7.83. The standard InChI is InChI=1S/C13H21NO3S/c1-12(4-3-9-18-12)11(15)14-6-2-5-13(10-14)16-7-8-17-13/h2-10H2,1H3. The van der Waals surface area contributed by atoms with E-state index in [0.717, 1.165) is 38.0 Å². The molecule has 3 rings (SSSR count). The normalized spacial score (nSPS) is 35.3. The maximum atomic E-state index is 12.7. The van der Waals surface area contributed by atoms with E-state index in [9.17, 15) is 4.79 Å². The molecule has 0 radical (unpaired) electrons. The lowest BCUT2D eigenvalue weighted by molar-refractivity contribution is -0.193. The van der Waals surface area contributed by atoms with E-state index in [1.54, 1.807) is 11.8 Å². The number of thioether (sulfide) groups is 1. The van der Waals surface area contributed by atoms with Crippen LogP contribution in [0.2, 0.25) is 0 Å². The van der Waals surface area contributed by atoms with Crippen molar-refractivity contribution in [1.29, 1.82) is 0 Å². The maximum Gasteiger partial charge on any atom is 0.238 e. The van der Waals surface area contributed by atoms with Gasteiger partial charge in [0.1, 0.15) is 0 Å². The molecule has 102 valence electrons.